The zero-order chi connectivity index (χ0) is 14.0. The van der Waals surface area contributed by atoms with E-state index in [0.717, 1.165) is 17.5 Å². The molecular formula is C12H17N3O3S. The van der Waals surface area contributed by atoms with E-state index >= 15 is 0 Å². The molecule has 0 radical (unpaired) electrons. The molecule has 19 heavy (non-hydrogen) atoms. The SMILES string of the molecule is CS(=O)(=O)NCc1ccc(N2C[C@H](N)CC2=O)cc1. The van der Waals surface area contributed by atoms with Gasteiger partial charge in [0, 0.05) is 31.2 Å². The first kappa shape index (κ1) is 14.0. The normalized spacial score (nSPS) is 20.0. The maximum absolute atomic E-state index is 11.7. The van der Waals surface area contributed by atoms with Crippen LogP contribution in [0.1, 0.15) is 12.0 Å². The Balaban J connectivity index is 2.04. The second-order valence-corrected chi connectivity index (χ2v) is 6.56. The molecule has 3 N–H and O–H groups in total. The van der Waals surface area contributed by atoms with Crippen LogP contribution < -0.4 is 15.4 Å². The van der Waals surface area contributed by atoms with Gasteiger partial charge in [-0.25, -0.2) is 13.1 Å². The lowest BCUT2D eigenvalue weighted by molar-refractivity contribution is -0.117. The molecule has 2 rings (SSSR count). The van der Waals surface area contributed by atoms with E-state index in [0.29, 0.717) is 13.0 Å². The summed E-state index contributed by atoms with van der Waals surface area (Å²) in [6.45, 7) is 0.770. The van der Waals surface area contributed by atoms with Crippen molar-refractivity contribution in [2.75, 3.05) is 17.7 Å². The third-order valence-electron chi connectivity index (χ3n) is 2.94. The van der Waals surface area contributed by atoms with Gasteiger partial charge in [-0.3, -0.25) is 4.79 Å². The second kappa shape index (κ2) is 5.28. The highest BCUT2D eigenvalue weighted by molar-refractivity contribution is 7.88. The van der Waals surface area contributed by atoms with Gasteiger partial charge < -0.3 is 10.6 Å². The van der Waals surface area contributed by atoms with Crippen LogP contribution >= 0.6 is 0 Å². The number of nitrogens with one attached hydrogen (secondary N) is 1. The van der Waals surface area contributed by atoms with Crippen LogP contribution in [0.5, 0.6) is 0 Å². The summed E-state index contributed by atoms with van der Waals surface area (Å²) in [5, 5.41) is 0. The molecule has 1 atom stereocenters. The smallest absolute Gasteiger partial charge is 0.228 e. The third kappa shape index (κ3) is 3.76. The minimum atomic E-state index is -3.20. The fourth-order valence-electron chi connectivity index (χ4n) is 1.99. The first-order valence-corrected chi connectivity index (χ1v) is 7.84. The molecule has 0 unspecified atom stereocenters. The molecule has 1 aliphatic rings. The summed E-state index contributed by atoms with van der Waals surface area (Å²) in [5.41, 5.74) is 7.37. The number of carbonyl (C=O) groups excluding carboxylic acids is 1. The molecule has 1 aliphatic heterocycles. The van der Waals surface area contributed by atoms with Gasteiger partial charge in [-0.1, -0.05) is 12.1 Å². The number of amides is 1. The summed E-state index contributed by atoms with van der Waals surface area (Å²) in [5.74, 6) is 0.0227. The van der Waals surface area contributed by atoms with E-state index in [4.69, 9.17) is 5.73 Å². The van der Waals surface area contributed by atoms with Crippen molar-refractivity contribution in [2.45, 2.75) is 19.0 Å². The Labute approximate surface area is 112 Å². The summed E-state index contributed by atoms with van der Waals surface area (Å²) >= 11 is 0. The molecule has 1 heterocycles. The summed E-state index contributed by atoms with van der Waals surface area (Å²) < 4.78 is 24.4. The number of nitrogens with two attached hydrogens (primary N) is 1. The van der Waals surface area contributed by atoms with Crippen LogP contribution in [0.25, 0.3) is 0 Å². The number of hydrogen-bond donors (Lipinski definition) is 2. The minimum Gasteiger partial charge on any atom is -0.326 e. The largest absolute Gasteiger partial charge is 0.326 e. The summed E-state index contributed by atoms with van der Waals surface area (Å²) in [7, 11) is -3.20. The van der Waals surface area contributed by atoms with Crippen molar-refractivity contribution < 1.29 is 13.2 Å². The minimum absolute atomic E-state index is 0.0227. The topological polar surface area (TPSA) is 92.5 Å². The zero-order valence-corrected chi connectivity index (χ0v) is 11.5. The Kier molecular flexibility index (Phi) is 3.88. The standard InChI is InChI=1S/C12H17N3O3S/c1-19(17,18)14-7-9-2-4-11(5-3-9)15-8-10(13)6-12(15)16/h2-5,10,14H,6-8,13H2,1H3/t10-/m1/s1. The lowest BCUT2D eigenvalue weighted by Gasteiger charge is -2.16. The van der Waals surface area contributed by atoms with Crippen molar-refractivity contribution in [2.24, 2.45) is 5.73 Å². The molecule has 1 aromatic carbocycles. The fourth-order valence-corrected chi connectivity index (χ4v) is 2.42. The Bertz CT molecular complexity index is 568. The molecule has 6 nitrogen and oxygen atoms in total. The van der Waals surface area contributed by atoms with Crippen molar-refractivity contribution in [3.8, 4) is 0 Å². The van der Waals surface area contributed by atoms with Gasteiger partial charge in [0.25, 0.3) is 0 Å². The molecule has 1 fully saturated rings. The maximum atomic E-state index is 11.7. The molecule has 1 saturated heterocycles. The van der Waals surface area contributed by atoms with E-state index in [2.05, 4.69) is 4.72 Å². The highest BCUT2D eigenvalue weighted by Crippen LogP contribution is 2.21. The van der Waals surface area contributed by atoms with Crippen LogP contribution in [0, 0.1) is 0 Å². The lowest BCUT2D eigenvalue weighted by atomic mass is 10.2. The van der Waals surface area contributed by atoms with E-state index in [1.165, 1.54) is 0 Å². The van der Waals surface area contributed by atoms with Crippen molar-refractivity contribution in [3.63, 3.8) is 0 Å². The van der Waals surface area contributed by atoms with Crippen molar-refractivity contribution in [1.29, 1.82) is 0 Å². The Hall–Kier alpha value is -1.44. The maximum Gasteiger partial charge on any atom is 0.228 e. The Morgan fingerprint density at radius 2 is 2.00 bits per heavy atom. The van der Waals surface area contributed by atoms with Gasteiger partial charge in [0.15, 0.2) is 0 Å². The predicted molar refractivity (Wildman–Crippen MR) is 73.1 cm³/mol. The van der Waals surface area contributed by atoms with Crippen molar-refractivity contribution >= 4 is 21.6 Å². The number of anilines is 1. The third-order valence-corrected chi connectivity index (χ3v) is 3.61. The quantitative estimate of drug-likeness (QED) is 0.800. The molecule has 0 bridgehead atoms. The monoisotopic (exact) mass is 283 g/mol. The molecule has 0 saturated carbocycles. The van der Waals surface area contributed by atoms with E-state index in [1.54, 1.807) is 29.2 Å². The van der Waals surface area contributed by atoms with Crippen LogP contribution in [0.15, 0.2) is 24.3 Å². The van der Waals surface area contributed by atoms with Crippen LogP contribution in [-0.2, 0) is 21.4 Å². The summed E-state index contributed by atoms with van der Waals surface area (Å²) in [6, 6.07) is 7.08. The Morgan fingerprint density at radius 1 is 1.37 bits per heavy atom. The van der Waals surface area contributed by atoms with Crippen molar-refractivity contribution in [3.05, 3.63) is 29.8 Å². The number of sulfonamides is 1. The lowest BCUT2D eigenvalue weighted by Crippen LogP contribution is -2.28. The predicted octanol–water partition coefficient (Wildman–Crippen LogP) is -0.200. The summed E-state index contributed by atoms with van der Waals surface area (Å²) in [6.07, 6.45) is 1.49. The molecule has 0 aliphatic carbocycles. The molecule has 7 heteroatoms. The Morgan fingerprint density at radius 3 is 2.47 bits per heavy atom. The van der Waals surface area contributed by atoms with Gasteiger partial charge in [-0.05, 0) is 17.7 Å². The van der Waals surface area contributed by atoms with E-state index in [1.807, 2.05) is 0 Å². The fraction of sp³-hybridized carbons (Fsp3) is 0.417. The molecule has 0 spiro atoms. The average molecular weight is 283 g/mol. The molecule has 104 valence electrons. The van der Waals surface area contributed by atoms with Gasteiger partial charge in [0.05, 0.1) is 6.26 Å². The summed E-state index contributed by atoms with van der Waals surface area (Å²) in [4.78, 5) is 13.3. The molecular weight excluding hydrogens is 266 g/mol. The molecule has 1 amide bonds. The number of carbonyl (C=O) groups is 1. The number of benzene rings is 1. The average Bonchev–Trinajstić information content (AvgIpc) is 2.66. The van der Waals surface area contributed by atoms with Crippen LogP contribution in [-0.4, -0.2) is 33.2 Å². The van der Waals surface area contributed by atoms with Crippen LogP contribution in [0.2, 0.25) is 0 Å². The van der Waals surface area contributed by atoms with Crippen LogP contribution in [0.3, 0.4) is 0 Å². The van der Waals surface area contributed by atoms with E-state index in [9.17, 15) is 13.2 Å². The zero-order valence-electron chi connectivity index (χ0n) is 10.7. The number of nitrogens with zero attached hydrogens (tertiary/aromatic N) is 1. The second-order valence-electron chi connectivity index (χ2n) is 4.73. The van der Waals surface area contributed by atoms with Crippen LogP contribution in [0.4, 0.5) is 5.69 Å². The van der Waals surface area contributed by atoms with Gasteiger partial charge in [0.1, 0.15) is 0 Å². The number of hydrogen-bond acceptors (Lipinski definition) is 4. The van der Waals surface area contributed by atoms with E-state index in [-0.39, 0.29) is 18.5 Å². The van der Waals surface area contributed by atoms with Crippen molar-refractivity contribution in [1.82, 2.24) is 4.72 Å². The van der Waals surface area contributed by atoms with Gasteiger partial charge in [0.2, 0.25) is 15.9 Å². The number of rotatable bonds is 4. The first-order valence-electron chi connectivity index (χ1n) is 5.95. The first-order chi connectivity index (χ1) is 8.85. The van der Waals surface area contributed by atoms with Gasteiger partial charge in [-0.2, -0.15) is 0 Å². The molecule has 0 aromatic heterocycles. The molecule has 1 aromatic rings. The highest BCUT2D eigenvalue weighted by atomic mass is 32.2. The van der Waals surface area contributed by atoms with Gasteiger partial charge in [-0.15, -0.1) is 0 Å². The highest BCUT2D eigenvalue weighted by Gasteiger charge is 2.27. The van der Waals surface area contributed by atoms with E-state index < -0.39 is 10.0 Å². The van der Waals surface area contributed by atoms with Gasteiger partial charge >= 0.3 is 0 Å².